The van der Waals surface area contributed by atoms with Crippen molar-refractivity contribution in [2.75, 3.05) is 13.6 Å². The maximum atomic E-state index is 6.00. The summed E-state index contributed by atoms with van der Waals surface area (Å²) in [5, 5.41) is 0.781. The number of nitrogens with two attached hydrogens (primary N) is 1. The van der Waals surface area contributed by atoms with Gasteiger partial charge in [-0.05, 0) is 45.5 Å². The summed E-state index contributed by atoms with van der Waals surface area (Å²) in [7, 11) is 2.10. The van der Waals surface area contributed by atoms with Gasteiger partial charge in [0.1, 0.15) is 0 Å². The third-order valence-electron chi connectivity index (χ3n) is 3.37. The van der Waals surface area contributed by atoms with E-state index in [0.717, 1.165) is 5.02 Å². The van der Waals surface area contributed by atoms with Gasteiger partial charge in [-0.1, -0.05) is 23.7 Å². The van der Waals surface area contributed by atoms with Gasteiger partial charge in [0.25, 0.3) is 0 Å². The first-order chi connectivity index (χ1) is 7.38. The predicted octanol–water partition coefficient (Wildman–Crippen LogP) is 3.07. The normalized spacial score (nSPS) is 14.2. The maximum absolute atomic E-state index is 6.00. The summed E-state index contributed by atoms with van der Waals surface area (Å²) < 4.78 is 0. The smallest absolute Gasteiger partial charge is 0.0409 e. The second-order valence-electron chi connectivity index (χ2n) is 4.86. The Labute approximate surface area is 103 Å². The van der Waals surface area contributed by atoms with Crippen LogP contribution in [0.25, 0.3) is 0 Å². The van der Waals surface area contributed by atoms with Gasteiger partial charge >= 0.3 is 0 Å². The fourth-order valence-corrected chi connectivity index (χ4v) is 1.86. The largest absolute Gasteiger partial charge is 0.329 e. The van der Waals surface area contributed by atoms with E-state index in [1.807, 2.05) is 18.2 Å². The fraction of sp³-hybridized carbons (Fsp3) is 0.538. The summed E-state index contributed by atoms with van der Waals surface area (Å²) >= 11 is 6.00. The predicted molar refractivity (Wildman–Crippen MR) is 70.8 cm³/mol. The molecule has 0 amide bonds. The van der Waals surface area contributed by atoms with Crippen LogP contribution >= 0.6 is 11.6 Å². The van der Waals surface area contributed by atoms with Crippen molar-refractivity contribution in [3.05, 3.63) is 34.9 Å². The molecule has 1 aromatic rings. The van der Waals surface area contributed by atoms with Crippen LogP contribution in [0.2, 0.25) is 5.02 Å². The number of hydrogen-bond donors (Lipinski definition) is 1. The molecule has 3 heteroatoms. The molecule has 2 N–H and O–H groups in total. The highest BCUT2D eigenvalue weighted by Gasteiger charge is 2.26. The quantitative estimate of drug-likeness (QED) is 0.877. The van der Waals surface area contributed by atoms with Gasteiger partial charge in [-0.2, -0.15) is 0 Å². The lowest BCUT2D eigenvalue weighted by Crippen LogP contribution is -2.48. The molecule has 0 radical (unpaired) electrons. The number of likely N-dealkylation sites (N-methyl/N-ethyl adjacent to an activating group) is 1. The van der Waals surface area contributed by atoms with E-state index >= 15 is 0 Å². The Bertz CT molecular complexity index is 350. The molecule has 0 spiro atoms. The van der Waals surface area contributed by atoms with Gasteiger partial charge in [-0.3, -0.25) is 4.90 Å². The molecule has 0 aliphatic carbocycles. The molecule has 90 valence electrons. The van der Waals surface area contributed by atoms with Crippen LogP contribution in [0.3, 0.4) is 0 Å². The average molecular weight is 241 g/mol. The van der Waals surface area contributed by atoms with Crippen LogP contribution in [-0.4, -0.2) is 24.0 Å². The molecule has 1 unspecified atom stereocenters. The summed E-state index contributed by atoms with van der Waals surface area (Å²) in [6, 6.07) is 8.29. The highest BCUT2D eigenvalue weighted by Crippen LogP contribution is 2.27. The Morgan fingerprint density at radius 3 is 2.56 bits per heavy atom. The Kier molecular flexibility index (Phi) is 4.36. The van der Waals surface area contributed by atoms with Gasteiger partial charge < -0.3 is 5.73 Å². The molecule has 1 atom stereocenters. The third kappa shape index (κ3) is 2.97. The Hall–Kier alpha value is -0.570. The third-order valence-corrected chi connectivity index (χ3v) is 3.60. The molecule has 0 aromatic heterocycles. The Morgan fingerprint density at radius 2 is 2.06 bits per heavy atom. The van der Waals surface area contributed by atoms with Gasteiger partial charge in [0.2, 0.25) is 0 Å². The molecule has 0 aliphatic heterocycles. The summed E-state index contributed by atoms with van der Waals surface area (Å²) in [6.07, 6.45) is 0. The molecule has 0 fully saturated rings. The van der Waals surface area contributed by atoms with Crippen LogP contribution in [0, 0.1) is 0 Å². The van der Waals surface area contributed by atoms with E-state index in [2.05, 4.69) is 38.8 Å². The Balaban J connectivity index is 2.90. The van der Waals surface area contributed by atoms with Gasteiger partial charge in [-0.15, -0.1) is 0 Å². The van der Waals surface area contributed by atoms with Gasteiger partial charge in [-0.25, -0.2) is 0 Å². The van der Waals surface area contributed by atoms with Crippen LogP contribution in [-0.2, 0) is 0 Å². The molecular formula is C13H21ClN2. The van der Waals surface area contributed by atoms with E-state index < -0.39 is 0 Å². The van der Waals surface area contributed by atoms with Crippen molar-refractivity contribution in [2.24, 2.45) is 5.73 Å². The standard InChI is InChI=1S/C13H21ClN2/c1-10(16(4)13(2,3)9-15)11-6-5-7-12(14)8-11/h5-8,10H,9,15H2,1-4H3. The average Bonchev–Trinajstić information content (AvgIpc) is 2.27. The van der Waals surface area contributed by atoms with E-state index in [0.29, 0.717) is 12.6 Å². The summed E-state index contributed by atoms with van der Waals surface area (Å²) in [5.41, 5.74) is 6.99. The first-order valence-corrected chi connectivity index (χ1v) is 5.95. The molecule has 1 aromatic carbocycles. The van der Waals surface area contributed by atoms with Crippen molar-refractivity contribution >= 4 is 11.6 Å². The molecule has 0 heterocycles. The van der Waals surface area contributed by atoms with E-state index in [1.54, 1.807) is 0 Å². The topological polar surface area (TPSA) is 29.3 Å². The molecule has 1 rings (SSSR count). The van der Waals surface area contributed by atoms with Gasteiger partial charge in [0.05, 0.1) is 0 Å². The number of halogens is 1. The van der Waals surface area contributed by atoms with Crippen molar-refractivity contribution in [1.82, 2.24) is 4.90 Å². The van der Waals surface area contributed by atoms with Crippen LogP contribution in [0.15, 0.2) is 24.3 Å². The second kappa shape index (κ2) is 5.17. The fourth-order valence-electron chi connectivity index (χ4n) is 1.66. The van der Waals surface area contributed by atoms with Crippen LogP contribution in [0.5, 0.6) is 0 Å². The van der Waals surface area contributed by atoms with Crippen molar-refractivity contribution < 1.29 is 0 Å². The van der Waals surface area contributed by atoms with Crippen LogP contribution < -0.4 is 5.73 Å². The maximum Gasteiger partial charge on any atom is 0.0409 e. The number of rotatable bonds is 4. The first-order valence-electron chi connectivity index (χ1n) is 5.57. The molecular weight excluding hydrogens is 220 g/mol. The summed E-state index contributed by atoms with van der Waals surface area (Å²) in [4.78, 5) is 2.28. The number of nitrogens with zero attached hydrogens (tertiary/aromatic N) is 1. The van der Waals surface area contributed by atoms with Crippen molar-refractivity contribution in [2.45, 2.75) is 32.4 Å². The monoisotopic (exact) mass is 240 g/mol. The molecule has 2 nitrogen and oxygen atoms in total. The van der Waals surface area contributed by atoms with E-state index in [4.69, 9.17) is 17.3 Å². The molecule has 0 bridgehead atoms. The van der Waals surface area contributed by atoms with Crippen molar-refractivity contribution in [3.8, 4) is 0 Å². The lowest BCUT2D eigenvalue weighted by atomic mass is 9.98. The second-order valence-corrected chi connectivity index (χ2v) is 5.29. The molecule has 0 aliphatic rings. The van der Waals surface area contributed by atoms with E-state index in [9.17, 15) is 0 Å². The highest BCUT2D eigenvalue weighted by atomic mass is 35.5. The zero-order chi connectivity index (χ0) is 12.3. The minimum absolute atomic E-state index is 0.0122. The number of hydrogen-bond acceptors (Lipinski definition) is 2. The number of benzene rings is 1. The van der Waals surface area contributed by atoms with Gasteiger partial charge in [0.15, 0.2) is 0 Å². The lowest BCUT2D eigenvalue weighted by Gasteiger charge is -2.39. The van der Waals surface area contributed by atoms with E-state index in [1.165, 1.54) is 5.56 Å². The molecule has 0 saturated heterocycles. The zero-order valence-electron chi connectivity index (χ0n) is 10.5. The minimum Gasteiger partial charge on any atom is -0.329 e. The molecule has 16 heavy (non-hydrogen) atoms. The minimum atomic E-state index is -0.0122. The van der Waals surface area contributed by atoms with Crippen LogP contribution in [0.4, 0.5) is 0 Å². The van der Waals surface area contributed by atoms with Crippen molar-refractivity contribution in [1.29, 1.82) is 0 Å². The molecule has 0 saturated carbocycles. The first kappa shape index (κ1) is 13.5. The SMILES string of the molecule is CC(c1cccc(Cl)c1)N(C)C(C)(C)CN. The summed E-state index contributed by atoms with van der Waals surface area (Å²) in [5.74, 6) is 0. The van der Waals surface area contributed by atoms with Crippen LogP contribution in [0.1, 0.15) is 32.4 Å². The van der Waals surface area contributed by atoms with Gasteiger partial charge in [0, 0.05) is 23.1 Å². The highest BCUT2D eigenvalue weighted by molar-refractivity contribution is 6.30. The summed E-state index contributed by atoms with van der Waals surface area (Å²) in [6.45, 7) is 7.10. The van der Waals surface area contributed by atoms with E-state index in [-0.39, 0.29) is 5.54 Å². The zero-order valence-corrected chi connectivity index (χ0v) is 11.3. The lowest BCUT2D eigenvalue weighted by molar-refractivity contribution is 0.117. The van der Waals surface area contributed by atoms with Crippen molar-refractivity contribution in [3.63, 3.8) is 0 Å². The Morgan fingerprint density at radius 1 is 1.44 bits per heavy atom.